The third-order valence-electron chi connectivity index (χ3n) is 1.45. The molecule has 0 aromatic heterocycles. The van der Waals surface area contributed by atoms with Crippen molar-refractivity contribution in [1.29, 1.82) is 0 Å². The van der Waals surface area contributed by atoms with Crippen molar-refractivity contribution in [3.63, 3.8) is 0 Å². The Labute approximate surface area is 64.3 Å². The molecular formula is C5H8NO4S. The van der Waals surface area contributed by atoms with Crippen LogP contribution in [0.15, 0.2) is 0 Å². The number of carboxylic acids is 1. The molecule has 1 aliphatic heterocycles. The van der Waals surface area contributed by atoms with Gasteiger partial charge in [0.1, 0.15) is 6.04 Å². The minimum Gasteiger partial charge on any atom is -0.480 e. The molecule has 5 nitrogen and oxygen atoms in total. The van der Waals surface area contributed by atoms with Crippen LogP contribution in [0.4, 0.5) is 0 Å². The highest BCUT2D eigenvalue weighted by molar-refractivity contribution is 7.91. The predicted octanol–water partition coefficient (Wildman–Crippen LogP) is -1.53. The molecule has 1 unspecified atom stereocenters. The molecule has 1 atom stereocenters. The van der Waals surface area contributed by atoms with Crippen molar-refractivity contribution in [3.05, 3.63) is 0 Å². The van der Waals surface area contributed by atoms with E-state index in [0.29, 0.717) is 0 Å². The van der Waals surface area contributed by atoms with Gasteiger partial charge < -0.3 is 5.11 Å². The van der Waals surface area contributed by atoms with Crippen LogP contribution in [0.3, 0.4) is 0 Å². The van der Waals surface area contributed by atoms with Crippen LogP contribution in [-0.2, 0) is 14.6 Å². The van der Waals surface area contributed by atoms with E-state index in [9.17, 15) is 13.2 Å². The Morgan fingerprint density at radius 2 is 2.18 bits per heavy atom. The molecule has 11 heavy (non-hydrogen) atoms. The monoisotopic (exact) mass is 178 g/mol. The molecule has 0 aliphatic carbocycles. The molecule has 1 radical (unpaired) electrons. The number of aliphatic carboxylic acids is 1. The summed E-state index contributed by atoms with van der Waals surface area (Å²) >= 11 is 0. The Bertz CT molecular complexity index is 258. The smallest absolute Gasteiger partial charge is 0.323 e. The first-order chi connectivity index (χ1) is 5.01. The lowest BCUT2D eigenvalue weighted by atomic mass is 10.3. The SMILES string of the molecule is O=C(O)C1CS(=O)(=O)CC[N]1. The topological polar surface area (TPSA) is 85.5 Å². The van der Waals surface area contributed by atoms with Crippen molar-refractivity contribution >= 4 is 15.8 Å². The Hall–Kier alpha value is -0.620. The van der Waals surface area contributed by atoms with Gasteiger partial charge in [-0.3, -0.25) is 4.79 Å². The highest BCUT2D eigenvalue weighted by atomic mass is 32.2. The van der Waals surface area contributed by atoms with Gasteiger partial charge in [0, 0.05) is 6.54 Å². The molecule has 6 heteroatoms. The Morgan fingerprint density at radius 3 is 2.55 bits per heavy atom. The second-order valence-electron chi connectivity index (χ2n) is 2.37. The highest BCUT2D eigenvalue weighted by Gasteiger charge is 2.30. The molecule has 1 saturated heterocycles. The van der Waals surface area contributed by atoms with Crippen LogP contribution in [0.5, 0.6) is 0 Å². The number of nitrogens with zero attached hydrogens (tertiary/aromatic N) is 1. The van der Waals surface area contributed by atoms with Gasteiger partial charge in [-0.2, -0.15) is 0 Å². The normalized spacial score (nSPS) is 29.6. The lowest BCUT2D eigenvalue weighted by Crippen LogP contribution is -2.45. The number of carboxylic acid groups (broad SMARTS) is 1. The van der Waals surface area contributed by atoms with Gasteiger partial charge in [-0.15, -0.1) is 0 Å². The minimum absolute atomic E-state index is 0.0171. The van der Waals surface area contributed by atoms with Crippen LogP contribution >= 0.6 is 0 Å². The van der Waals surface area contributed by atoms with E-state index in [0.717, 1.165) is 0 Å². The summed E-state index contributed by atoms with van der Waals surface area (Å²) in [6, 6.07) is -1.05. The van der Waals surface area contributed by atoms with Crippen molar-refractivity contribution in [2.75, 3.05) is 18.1 Å². The molecular weight excluding hydrogens is 170 g/mol. The van der Waals surface area contributed by atoms with Gasteiger partial charge in [-0.25, -0.2) is 13.7 Å². The van der Waals surface area contributed by atoms with E-state index in [2.05, 4.69) is 5.32 Å². The summed E-state index contributed by atoms with van der Waals surface area (Å²) in [5, 5.41) is 12.1. The minimum atomic E-state index is -3.15. The summed E-state index contributed by atoms with van der Waals surface area (Å²) in [6.07, 6.45) is 0. The molecule has 1 rings (SSSR count). The first-order valence-electron chi connectivity index (χ1n) is 3.11. The van der Waals surface area contributed by atoms with E-state index in [-0.39, 0.29) is 18.1 Å². The lowest BCUT2D eigenvalue weighted by molar-refractivity contribution is -0.139. The first-order valence-corrected chi connectivity index (χ1v) is 4.93. The number of sulfone groups is 1. The van der Waals surface area contributed by atoms with E-state index in [1.807, 2.05) is 0 Å². The number of carbonyl (C=O) groups is 1. The quantitative estimate of drug-likeness (QED) is 0.528. The maximum absolute atomic E-state index is 10.8. The zero-order valence-electron chi connectivity index (χ0n) is 5.73. The second kappa shape index (κ2) is 2.78. The Morgan fingerprint density at radius 1 is 1.55 bits per heavy atom. The number of rotatable bonds is 1. The van der Waals surface area contributed by atoms with Crippen LogP contribution in [0.1, 0.15) is 0 Å². The molecule has 1 aliphatic rings. The average molecular weight is 178 g/mol. The largest absolute Gasteiger partial charge is 0.480 e. The summed E-state index contributed by atoms with van der Waals surface area (Å²) in [4.78, 5) is 10.3. The predicted molar refractivity (Wildman–Crippen MR) is 37.1 cm³/mol. The maximum atomic E-state index is 10.8. The van der Waals surface area contributed by atoms with E-state index >= 15 is 0 Å². The second-order valence-corrected chi connectivity index (χ2v) is 4.60. The fourth-order valence-electron chi connectivity index (χ4n) is 0.874. The van der Waals surface area contributed by atoms with Gasteiger partial charge in [-0.05, 0) is 0 Å². The molecule has 1 heterocycles. The number of hydrogen-bond acceptors (Lipinski definition) is 3. The van der Waals surface area contributed by atoms with Crippen LogP contribution in [0.2, 0.25) is 0 Å². The van der Waals surface area contributed by atoms with Crippen LogP contribution in [0, 0.1) is 0 Å². The fraction of sp³-hybridized carbons (Fsp3) is 0.800. The fourth-order valence-corrected chi connectivity index (χ4v) is 2.15. The van der Waals surface area contributed by atoms with Crippen molar-refractivity contribution in [2.45, 2.75) is 6.04 Å². The maximum Gasteiger partial charge on any atom is 0.323 e. The molecule has 1 N–H and O–H groups in total. The van der Waals surface area contributed by atoms with E-state index < -0.39 is 21.8 Å². The molecule has 0 saturated carbocycles. The molecule has 0 aromatic carbocycles. The third-order valence-corrected chi connectivity index (χ3v) is 3.08. The van der Waals surface area contributed by atoms with E-state index in [1.165, 1.54) is 0 Å². The van der Waals surface area contributed by atoms with Crippen molar-refractivity contribution in [3.8, 4) is 0 Å². The van der Waals surface area contributed by atoms with Gasteiger partial charge in [0.15, 0.2) is 9.84 Å². The molecule has 1 fully saturated rings. The summed E-state index contributed by atoms with van der Waals surface area (Å²) < 4.78 is 21.7. The highest BCUT2D eigenvalue weighted by Crippen LogP contribution is 2.02. The third kappa shape index (κ3) is 2.16. The van der Waals surface area contributed by atoms with Gasteiger partial charge in [-0.1, -0.05) is 0 Å². The molecule has 0 bridgehead atoms. The van der Waals surface area contributed by atoms with Gasteiger partial charge in [0.2, 0.25) is 0 Å². The Balaban J connectivity index is 2.68. The zero-order valence-corrected chi connectivity index (χ0v) is 6.54. The Kier molecular flexibility index (Phi) is 2.15. The van der Waals surface area contributed by atoms with Gasteiger partial charge in [0.25, 0.3) is 0 Å². The molecule has 0 amide bonds. The van der Waals surface area contributed by atoms with Crippen molar-refractivity contribution in [1.82, 2.24) is 5.32 Å². The summed E-state index contributed by atoms with van der Waals surface area (Å²) in [5.74, 6) is -1.52. The average Bonchev–Trinajstić information content (AvgIpc) is 1.85. The van der Waals surface area contributed by atoms with Gasteiger partial charge >= 0.3 is 5.97 Å². The first kappa shape index (κ1) is 8.48. The standard InChI is InChI=1S/C5H8NO4S/c7-5(8)4-3-11(9,10)2-1-6-4/h4H,1-3H2,(H,7,8). The van der Waals surface area contributed by atoms with E-state index in [1.54, 1.807) is 0 Å². The van der Waals surface area contributed by atoms with Crippen LogP contribution in [-0.4, -0.2) is 43.6 Å². The molecule has 0 aromatic rings. The number of hydrogen-bond donors (Lipinski definition) is 1. The van der Waals surface area contributed by atoms with Crippen LogP contribution in [0.25, 0.3) is 0 Å². The van der Waals surface area contributed by atoms with Crippen LogP contribution < -0.4 is 5.32 Å². The lowest BCUT2D eigenvalue weighted by Gasteiger charge is -2.17. The zero-order chi connectivity index (χ0) is 8.48. The van der Waals surface area contributed by atoms with Crippen molar-refractivity contribution < 1.29 is 18.3 Å². The summed E-state index contributed by atoms with van der Waals surface area (Å²) in [7, 11) is -3.15. The molecule has 63 valence electrons. The van der Waals surface area contributed by atoms with Crippen molar-refractivity contribution in [2.24, 2.45) is 0 Å². The summed E-state index contributed by atoms with van der Waals surface area (Å²) in [5.41, 5.74) is 0. The van der Waals surface area contributed by atoms with E-state index in [4.69, 9.17) is 5.11 Å². The van der Waals surface area contributed by atoms with Gasteiger partial charge in [0.05, 0.1) is 11.5 Å². The molecule has 0 spiro atoms. The summed E-state index contributed by atoms with van der Waals surface area (Å²) in [6.45, 7) is 0.110.